The van der Waals surface area contributed by atoms with Crippen LogP contribution >= 0.6 is 0 Å². The highest BCUT2D eigenvalue weighted by atomic mass is 16.3. The van der Waals surface area contributed by atoms with E-state index in [-0.39, 0.29) is 5.92 Å². The Hall–Kier alpha value is -1.87. The summed E-state index contributed by atoms with van der Waals surface area (Å²) in [6.45, 7) is 0.865. The molecule has 1 saturated carbocycles. The van der Waals surface area contributed by atoms with Crippen LogP contribution in [0.2, 0.25) is 0 Å². The minimum absolute atomic E-state index is 0.286. The zero-order valence-corrected chi connectivity index (χ0v) is 13.4. The molecule has 0 radical (unpaired) electrons. The van der Waals surface area contributed by atoms with Gasteiger partial charge >= 0.3 is 0 Å². The van der Waals surface area contributed by atoms with Crippen LogP contribution in [0.25, 0.3) is 0 Å². The topological polar surface area (TPSA) is 36.4 Å². The summed E-state index contributed by atoms with van der Waals surface area (Å²) in [7, 11) is 0. The summed E-state index contributed by atoms with van der Waals surface area (Å²) in [6, 6.07) is 16.8. The van der Waals surface area contributed by atoms with Crippen molar-refractivity contribution >= 4 is 5.82 Å². The molecule has 3 unspecified atom stereocenters. The van der Waals surface area contributed by atoms with E-state index in [1.807, 2.05) is 30.5 Å². The van der Waals surface area contributed by atoms with Crippen LogP contribution in [0.1, 0.15) is 37.7 Å². The second-order valence-corrected chi connectivity index (χ2v) is 6.88. The van der Waals surface area contributed by atoms with Crippen LogP contribution in [0.15, 0.2) is 54.7 Å². The van der Waals surface area contributed by atoms with Gasteiger partial charge in [0.1, 0.15) is 5.82 Å². The third-order valence-corrected chi connectivity index (χ3v) is 5.69. The number of piperidine rings is 1. The summed E-state index contributed by atoms with van der Waals surface area (Å²) in [5, 5.41) is 11.6. The molecule has 1 aliphatic heterocycles. The van der Waals surface area contributed by atoms with Gasteiger partial charge in [0.2, 0.25) is 0 Å². The van der Waals surface area contributed by atoms with Crippen LogP contribution in [-0.2, 0) is 5.60 Å². The third-order valence-electron chi connectivity index (χ3n) is 5.69. The Morgan fingerprint density at radius 2 is 1.78 bits per heavy atom. The number of rotatable bonds is 2. The molecule has 2 aliphatic rings. The SMILES string of the molecule is OC1(c2ccccc2)CCN(c2ccccn2)C2CCCCC21. The Balaban J connectivity index is 1.69. The molecule has 1 N–H and O–H groups in total. The van der Waals surface area contributed by atoms with Crippen molar-refractivity contribution in [3.8, 4) is 0 Å². The van der Waals surface area contributed by atoms with Gasteiger partial charge in [0, 0.05) is 24.7 Å². The standard InChI is InChI=1S/C20H24N2O/c23-20(16-8-2-1-3-9-16)13-15-22(19-12-6-7-14-21-19)18-11-5-4-10-17(18)20/h1-3,6-9,12,14,17-18,23H,4-5,10-11,13,15H2. The molecule has 3 nitrogen and oxygen atoms in total. The van der Waals surface area contributed by atoms with Gasteiger partial charge in [-0.25, -0.2) is 4.98 Å². The molecule has 1 aliphatic carbocycles. The molecule has 2 fully saturated rings. The maximum Gasteiger partial charge on any atom is 0.128 e. The molecular formula is C20H24N2O. The molecule has 0 amide bonds. The van der Waals surface area contributed by atoms with Gasteiger partial charge in [-0.2, -0.15) is 0 Å². The van der Waals surface area contributed by atoms with Gasteiger partial charge in [-0.05, 0) is 37.0 Å². The van der Waals surface area contributed by atoms with Crippen LogP contribution in [0.3, 0.4) is 0 Å². The van der Waals surface area contributed by atoms with Crippen LogP contribution in [0.4, 0.5) is 5.82 Å². The van der Waals surface area contributed by atoms with Crippen LogP contribution in [0, 0.1) is 5.92 Å². The molecule has 1 aromatic carbocycles. The van der Waals surface area contributed by atoms with Crippen molar-refractivity contribution < 1.29 is 5.11 Å². The predicted molar refractivity (Wildman–Crippen MR) is 92.3 cm³/mol. The van der Waals surface area contributed by atoms with Gasteiger partial charge in [0.05, 0.1) is 5.60 Å². The first-order valence-corrected chi connectivity index (χ1v) is 8.74. The van der Waals surface area contributed by atoms with Gasteiger partial charge < -0.3 is 10.0 Å². The van der Waals surface area contributed by atoms with Gasteiger partial charge in [-0.1, -0.05) is 49.2 Å². The number of hydrogen-bond donors (Lipinski definition) is 1. The van der Waals surface area contributed by atoms with E-state index in [1.54, 1.807) is 0 Å². The maximum absolute atomic E-state index is 11.6. The molecule has 23 heavy (non-hydrogen) atoms. The van der Waals surface area contributed by atoms with Crippen molar-refractivity contribution in [1.29, 1.82) is 0 Å². The number of benzene rings is 1. The second kappa shape index (κ2) is 5.97. The van der Waals surface area contributed by atoms with E-state index < -0.39 is 5.60 Å². The van der Waals surface area contributed by atoms with E-state index >= 15 is 0 Å². The number of aliphatic hydroxyl groups is 1. The smallest absolute Gasteiger partial charge is 0.128 e. The van der Waals surface area contributed by atoms with Crippen LogP contribution in [0.5, 0.6) is 0 Å². The Kier molecular flexibility index (Phi) is 3.82. The van der Waals surface area contributed by atoms with Crippen LogP contribution in [-0.4, -0.2) is 22.7 Å². The number of pyridine rings is 1. The second-order valence-electron chi connectivity index (χ2n) is 6.88. The molecule has 3 atom stereocenters. The molecule has 4 rings (SSSR count). The Morgan fingerprint density at radius 3 is 2.57 bits per heavy atom. The average Bonchev–Trinajstić information content (AvgIpc) is 2.64. The number of aromatic nitrogens is 1. The van der Waals surface area contributed by atoms with E-state index in [0.29, 0.717) is 6.04 Å². The Labute approximate surface area is 138 Å². The lowest BCUT2D eigenvalue weighted by molar-refractivity contribution is -0.0690. The summed E-state index contributed by atoms with van der Waals surface area (Å²) in [5.41, 5.74) is 0.384. The summed E-state index contributed by atoms with van der Waals surface area (Å²) >= 11 is 0. The number of hydrogen-bond acceptors (Lipinski definition) is 3. The lowest BCUT2D eigenvalue weighted by Gasteiger charge is -2.53. The number of fused-ring (bicyclic) bond motifs is 1. The molecule has 1 saturated heterocycles. The van der Waals surface area contributed by atoms with E-state index in [2.05, 4.69) is 34.1 Å². The molecule has 120 valence electrons. The van der Waals surface area contributed by atoms with Crippen LogP contribution < -0.4 is 4.90 Å². The van der Waals surface area contributed by atoms with E-state index in [4.69, 9.17) is 0 Å². The fraction of sp³-hybridized carbons (Fsp3) is 0.450. The zero-order valence-electron chi connectivity index (χ0n) is 13.4. The fourth-order valence-corrected chi connectivity index (χ4v) is 4.58. The number of anilines is 1. The normalized spacial score (nSPS) is 30.7. The summed E-state index contributed by atoms with van der Waals surface area (Å²) in [4.78, 5) is 6.99. The van der Waals surface area contributed by atoms with E-state index in [1.165, 1.54) is 12.8 Å². The van der Waals surface area contributed by atoms with Crippen molar-refractivity contribution in [3.05, 3.63) is 60.3 Å². The average molecular weight is 308 g/mol. The largest absolute Gasteiger partial charge is 0.385 e. The lowest BCUT2D eigenvalue weighted by atomic mass is 9.66. The minimum atomic E-state index is -0.697. The minimum Gasteiger partial charge on any atom is -0.385 e. The molecule has 3 heteroatoms. The third kappa shape index (κ3) is 2.53. The first-order valence-electron chi connectivity index (χ1n) is 8.74. The molecule has 1 aromatic heterocycles. The van der Waals surface area contributed by atoms with E-state index in [9.17, 15) is 5.11 Å². The predicted octanol–water partition coefficient (Wildman–Crippen LogP) is 3.74. The quantitative estimate of drug-likeness (QED) is 0.918. The van der Waals surface area contributed by atoms with E-state index in [0.717, 1.165) is 37.2 Å². The lowest BCUT2D eigenvalue weighted by Crippen LogP contribution is -2.57. The molecule has 2 heterocycles. The monoisotopic (exact) mass is 308 g/mol. The highest BCUT2D eigenvalue weighted by Crippen LogP contribution is 2.47. The Bertz CT molecular complexity index is 645. The van der Waals surface area contributed by atoms with Gasteiger partial charge in [-0.3, -0.25) is 0 Å². The summed E-state index contributed by atoms with van der Waals surface area (Å²) in [5.74, 6) is 1.34. The first kappa shape index (κ1) is 14.7. The first-order chi connectivity index (χ1) is 11.3. The molecule has 0 bridgehead atoms. The number of nitrogens with zero attached hydrogens (tertiary/aromatic N) is 2. The highest BCUT2D eigenvalue weighted by Gasteiger charge is 2.49. The van der Waals surface area contributed by atoms with Gasteiger partial charge in [0.25, 0.3) is 0 Å². The van der Waals surface area contributed by atoms with Crippen molar-refractivity contribution in [2.45, 2.75) is 43.7 Å². The summed E-state index contributed by atoms with van der Waals surface area (Å²) in [6.07, 6.45) is 7.34. The summed E-state index contributed by atoms with van der Waals surface area (Å²) < 4.78 is 0. The van der Waals surface area contributed by atoms with Gasteiger partial charge in [-0.15, -0.1) is 0 Å². The Morgan fingerprint density at radius 1 is 1.00 bits per heavy atom. The van der Waals surface area contributed by atoms with Crippen molar-refractivity contribution in [1.82, 2.24) is 4.98 Å². The highest BCUT2D eigenvalue weighted by molar-refractivity contribution is 5.42. The molecule has 0 spiro atoms. The van der Waals surface area contributed by atoms with Gasteiger partial charge in [0.15, 0.2) is 0 Å². The maximum atomic E-state index is 11.6. The fourth-order valence-electron chi connectivity index (χ4n) is 4.58. The van der Waals surface area contributed by atoms with Crippen molar-refractivity contribution in [3.63, 3.8) is 0 Å². The molecule has 2 aromatic rings. The zero-order chi connectivity index (χ0) is 15.7. The van der Waals surface area contributed by atoms with Crippen molar-refractivity contribution in [2.24, 2.45) is 5.92 Å². The van der Waals surface area contributed by atoms with Crippen molar-refractivity contribution in [2.75, 3.05) is 11.4 Å². The molecular weight excluding hydrogens is 284 g/mol.